The Bertz CT molecular complexity index is 372. The smallest absolute Gasteiger partial charge is 0.261 e. The van der Waals surface area contributed by atoms with E-state index in [0.717, 1.165) is 6.07 Å². The van der Waals surface area contributed by atoms with E-state index in [4.69, 9.17) is 4.74 Å². The van der Waals surface area contributed by atoms with Gasteiger partial charge in [0.05, 0.1) is 13.2 Å². The summed E-state index contributed by atoms with van der Waals surface area (Å²) < 4.78 is 46.3. The molecule has 0 saturated carbocycles. The van der Waals surface area contributed by atoms with E-state index in [2.05, 4.69) is 4.74 Å². The fraction of sp³-hybridized carbons (Fsp3) is 0.500. The zero-order valence-corrected chi connectivity index (χ0v) is 9.91. The lowest BCUT2D eigenvalue weighted by atomic mass is 10.1. The molecular weight excluding hydrogens is 249 g/mol. The van der Waals surface area contributed by atoms with Crippen LogP contribution >= 0.6 is 0 Å². The van der Waals surface area contributed by atoms with Gasteiger partial charge in [0.2, 0.25) is 0 Å². The first-order valence-electron chi connectivity index (χ1n) is 5.42. The first-order valence-corrected chi connectivity index (χ1v) is 5.42. The maximum absolute atomic E-state index is 13.0. The van der Waals surface area contributed by atoms with Gasteiger partial charge in [-0.3, -0.25) is 0 Å². The number of rotatable bonds is 7. The Hall–Kier alpha value is -1.27. The molecule has 1 aromatic rings. The Morgan fingerprint density at radius 3 is 2.67 bits per heavy atom. The summed E-state index contributed by atoms with van der Waals surface area (Å²) in [6.07, 6.45) is -3.47. The molecule has 6 heteroatoms. The maximum atomic E-state index is 13.0. The highest BCUT2D eigenvalue weighted by Crippen LogP contribution is 2.27. The van der Waals surface area contributed by atoms with Crippen molar-refractivity contribution in [2.24, 2.45) is 0 Å². The van der Waals surface area contributed by atoms with Gasteiger partial charge >= 0.3 is 0 Å². The van der Waals surface area contributed by atoms with Gasteiger partial charge in [0.1, 0.15) is 18.2 Å². The molecule has 1 atom stereocenters. The SMILES string of the molecule is COc1ccc(F)cc1C(O)CCOCC(F)F. The molecule has 0 heterocycles. The van der Waals surface area contributed by atoms with Crippen molar-refractivity contribution in [1.29, 1.82) is 0 Å². The van der Waals surface area contributed by atoms with E-state index in [0.29, 0.717) is 5.75 Å². The van der Waals surface area contributed by atoms with Gasteiger partial charge < -0.3 is 14.6 Å². The minimum atomic E-state index is -2.54. The Morgan fingerprint density at radius 1 is 1.33 bits per heavy atom. The first kappa shape index (κ1) is 14.8. The van der Waals surface area contributed by atoms with Gasteiger partial charge in [0.25, 0.3) is 6.43 Å². The zero-order valence-electron chi connectivity index (χ0n) is 9.91. The third-order valence-corrected chi connectivity index (χ3v) is 2.33. The second kappa shape index (κ2) is 7.23. The van der Waals surface area contributed by atoms with Crippen LogP contribution in [0.25, 0.3) is 0 Å². The van der Waals surface area contributed by atoms with Crippen molar-refractivity contribution < 1.29 is 27.8 Å². The molecule has 0 aliphatic heterocycles. The second-order valence-corrected chi connectivity index (χ2v) is 3.66. The summed E-state index contributed by atoms with van der Waals surface area (Å²) in [4.78, 5) is 0. The summed E-state index contributed by atoms with van der Waals surface area (Å²) in [6.45, 7) is -0.710. The van der Waals surface area contributed by atoms with Crippen LogP contribution in [-0.4, -0.2) is 31.9 Å². The molecular formula is C12H15F3O3. The van der Waals surface area contributed by atoms with E-state index in [-0.39, 0.29) is 18.6 Å². The fourth-order valence-corrected chi connectivity index (χ4v) is 1.49. The predicted octanol–water partition coefficient (Wildman–Crippen LogP) is 2.54. The van der Waals surface area contributed by atoms with Crippen LogP contribution in [-0.2, 0) is 4.74 Å². The molecule has 102 valence electrons. The minimum absolute atomic E-state index is 0.0365. The van der Waals surface area contributed by atoms with Gasteiger partial charge in [-0.1, -0.05) is 0 Å². The van der Waals surface area contributed by atoms with Crippen LogP contribution in [0.15, 0.2) is 18.2 Å². The Morgan fingerprint density at radius 2 is 2.06 bits per heavy atom. The Balaban J connectivity index is 2.55. The summed E-state index contributed by atoms with van der Waals surface area (Å²) in [5.41, 5.74) is 0.276. The number of hydrogen-bond donors (Lipinski definition) is 1. The van der Waals surface area contributed by atoms with Crippen molar-refractivity contribution in [2.45, 2.75) is 19.0 Å². The van der Waals surface area contributed by atoms with Crippen molar-refractivity contribution in [2.75, 3.05) is 20.3 Å². The van der Waals surface area contributed by atoms with Gasteiger partial charge in [-0.25, -0.2) is 13.2 Å². The molecule has 0 fully saturated rings. The molecule has 1 N–H and O–H groups in total. The molecule has 0 radical (unpaired) electrons. The van der Waals surface area contributed by atoms with E-state index in [1.54, 1.807) is 0 Å². The molecule has 0 amide bonds. The molecule has 0 aliphatic carbocycles. The molecule has 1 rings (SSSR count). The van der Waals surface area contributed by atoms with E-state index >= 15 is 0 Å². The molecule has 0 bridgehead atoms. The van der Waals surface area contributed by atoms with E-state index in [1.807, 2.05) is 0 Å². The third kappa shape index (κ3) is 4.54. The van der Waals surface area contributed by atoms with Gasteiger partial charge in [-0.05, 0) is 18.2 Å². The number of methoxy groups -OCH3 is 1. The van der Waals surface area contributed by atoms with Gasteiger partial charge in [0, 0.05) is 18.6 Å². The van der Waals surface area contributed by atoms with Crippen LogP contribution in [0.4, 0.5) is 13.2 Å². The number of aliphatic hydroxyl groups excluding tert-OH is 1. The molecule has 1 unspecified atom stereocenters. The highest BCUT2D eigenvalue weighted by atomic mass is 19.3. The Labute approximate surface area is 103 Å². The molecule has 0 aromatic heterocycles. The Kier molecular flexibility index (Phi) is 5.94. The number of hydrogen-bond acceptors (Lipinski definition) is 3. The van der Waals surface area contributed by atoms with Crippen molar-refractivity contribution in [1.82, 2.24) is 0 Å². The lowest BCUT2D eigenvalue weighted by molar-refractivity contribution is 0.00458. The van der Waals surface area contributed by atoms with Crippen molar-refractivity contribution in [3.05, 3.63) is 29.6 Å². The van der Waals surface area contributed by atoms with Crippen LogP contribution < -0.4 is 4.74 Å². The highest BCUT2D eigenvalue weighted by Gasteiger charge is 2.14. The average Bonchev–Trinajstić information content (AvgIpc) is 2.34. The normalized spacial score (nSPS) is 12.8. The number of aliphatic hydroxyl groups is 1. The minimum Gasteiger partial charge on any atom is -0.496 e. The summed E-state index contributed by atoms with van der Waals surface area (Å²) in [7, 11) is 1.40. The number of halogens is 3. The van der Waals surface area contributed by atoms with Crippen LogP contribution in [0, 0.1) is 5.82 Å². The lowest BCUT2D eigenvalue weighted by Gasteiger charge is -2.14. The second-order valence-electron chi connectivity index (χ2n) is 3.66. The standard InChI is InChI=1S/C12H15F3O3/c1-17-11-3-2-8(13)6-9(11)10(16)4-5-18-7-12(14)15/h2-3,6,10,12,16H,4-5,7H2,1H3. The van der Waals surface area contributed by atoms with Crippen LogP contribution in [0.2, 0.25) is 0 Å². The zero-order chi connectivity index (χ0) is 13.5. The molecule has 3 nitrogen and oxygen atoms in total. The van der Waals surface area contributed by atoms with E-state index in [9.17, 15) is 18.3 Å². The topological polar surface area (TPSA) is 38.7 Å². The quantitative estimate of drug-likeness (QED) is 0.769. The molecule has 1 aromatic carbocycles. The highest BCUT2D eigenvalue weighted by molar-refractivity contribution is 5.35. The summed E-state index contributed by atoms with van der Waals surface area (Å²) in [5, 5.41) is 9.81. The molecule has 18 heavy (non-hydrogen) atoms. The predicted molar refractivity (Wildman–Crippen MR) is 59.4 cm³/mol. The summed E-state index contributed by atoms with van der Waals surface area (Å²) >= 11 is 0. The van der Waals surface area contributed by atoms with E-state index < -0.39 is 25.0 Å². The molecule has 0 saturated heterocycles. The summed E-state index contributed by atoms with van der Waals surface area (Å²) in [5.74, 6) is -0.156. The number of ether oxygens (including phenoxy) is 2. The lowest BCUT2D eigenvalue weighted by Crippen LogP contribution is -2.09. The number of benzene rings is 1. The average molecular weight is 264 g/mol. The molecule has 0 spiro atoms. The van der Waals surface area contributed by atoms with Crippen molar-refractivity contribution >= 4 is 0 Å². The monoisotopic (exact) mass is 264 g/mol. The van der Waals surface area contributed by atoms with Gasteiger partial charge in [-0.15, -0.1) is 0 Å². The van der Waals surface area contributed by atoms with Crippen LogP contribution in [0.5, 0.6) is 5.75 Å². The van der Waals surface area contributed by atoms with Gasteiger partial charge in [-0.2, -0.15) is 0 Å². The molecule has 0 aliphatic rings. The van der Waals surface area contributed by atoms with Gasteiger partial charge in [0.15, 0.2) is 0 Å². The first-order chi connectivity index (χ1) is 8.54. The van der Waals surface area contributed by atoms with Crippen molar-refractivity contribution in [3.63, 3.8) is 0 Å². The fourth-order valence-electron chi connectivity index (χ4n) is 1.49. The number of alkyl halides is 2. The van der Waals surface area contributed by atoms with Crippen LogP contribution in [0.1, 0.15) is 18.1 Å². The van der Waals surface area contributed by atoms with Crippen molar-refractivity contribution in [3.8, 4) is 5.75 Å². The van der Waals surface area contributed by atoms with E-state index in [1.165, 1.54) is 19.2 Å². The largest absolute Gasteiger partial charge is 0.496 e. The maximum Gasteiger partial charge on any atom is 0.261 e. The summed E-state index contributed by atoms with van der Waals surface area (Å²) in [6, 6.07) is 3.76. The third-order valence-electron chi connectivity index (χ3n) is 2.33. The van der Waals surface area contributed by atoms with Crippen LogP contribution in [0.3, 0.4) is 0 Å².